The number of benzene rings is 2. The minimum absolute atomic E-state index is 0.303. The Labute approximate surface area is 107 Å². The lowest BCUT2D eigenvalue weighted by Crippen LogP contribution is -1.84. The molecule has 0 aliphatic carbocycles. The number of hydrogen-bond acceptors (Lipinski definition) is 2. The molecule has 2 aromatic carbocycles. The van der Waals surface area contributed by atoms with E-state index in [2.05, 4.69) is 4.98 Å². The highest BCUT2D eigenvalue weighted by Crippen LogP contribution is 2.32. The average molecular weight is 261 g/mol. The molecule has 0 bridgehead atoms. The molecule has 3 aromatic rings. The normalized spacial score (nSPS) is 11.1. The van der Waals surface area contributed by atoms with Crippen LogP contribution in [0, 0.1) is 18.6 Å². The summed E-state index contributed by atoms with van der Waals surface area (Å²) in [6, 6.07) is 9.29. The monoisotopic (exact) mass is 261 g/mol. The molecule has 90 valence electrons. The third kappa shape index (κ3) is 1.88. The molecule has 1 heterocycles. The van der Waals surface area contributed by atoms with E-state index in [1.165, 1.54) is 29.5 Å². The van der Waals surface area contributed by atoms with E-state index in [0.717, 1.165) is 10.3 Å². The van der Waals surface area contributed by atoms with Crippen molar-refractivity contribution >= 4 is 21.6 Å². The summed E-state index contributed by atoms with van der Waals surface area (Å²) in [4.78, 5) is 4.34. The van der Waals surface area contributed by atoms with Crippen LogP contribution in [0.5, 0.6) is 0 Å². The van der Waals surface area contributed by atoms with Gasteiger partial charge in [-0.05, 0) is 37.3 Å². The van der Waals surface area contributed by atoms with E-state index in [1.807, 2.05) is 6.92 Å². The minimum Gasteiger partial charge on any atom is -0.236 e. The number of aromatic nitrogens is 1. The lowest BCUT2D eigenvalue weighted by Gasteiger charge is -1.99. The largest absolute Gasteiger partial charge is 0.236 e. The molecule has 0 amide bonds. The molecule has 1 aromatic heterocycles. The lowest BCUT2D eigenvalue weighted by atomic mass is 10.1. The van der Waals surface area contributed by atoms with Gasteiger partial charge in [0.05, 0.1) is 10.2 Å². The molecule has 1 nitrogen and oxygen atoms in total. The van der Waals surface area contributed by atoms with E-state index in [4.69, 9.17) is 0 Å². The zero-order valence-electron chi connectivity index (χ0n) is 9.58. The Morgan fingerprint density at radius 1 is 1.06 bits per heavy atom. The summed E-state index contributed by atoms with van der Waals surface area (Å²) >= 11 is 1.30. The van der Waals surface area contributed by atoms with Crippen LogP contribution in [-0.2, 0) is 0 Å². The zero-order chi connectivity index (χ0) is 12.7. The number of halogens is 2. The molecular weight excluding hydrogens is 252 g/mol. The predicted octanol–water partition coefficient (Wildman–Crippen LogP) is 4.55. The van der Waals surface area contributed by atoms with E-state index in [1.54, 1.807) is 18.2 Å². The van der Waals surface area contributed by atoms with Gasteiger partial charge in [-0.1, -0.05) is 11.6 Å². The highest BCUT2D eigenvalue weighted by Gasteiger charge is 2.11. The van der Waals surface area contributed by atoms with Crippen molar-refractivity contribution in [2.75, 3.05) is 0 Å². The highest BCUT2D eigenvalue weighted by molar-refractivity contribution is 7.21. The minimum atomic E-state index is -0.305. The van der Waals surface area contributed by atoms with Crippen LogP contribution < -0.4 is 0 Å². The Morgan fingerprint density at radius 2 is 1.89 bits per heavy atom. The van der Waals surface area contributed by atoms with E-state index < -0.39 is 0 Å². The fourth-order valence-corrected chi connectivity index (χ4v) is 2.83. The fraction of sp³-hybridized carbons (Fsp3) is 0.0714. The van der Waals surface area contributed by atoms with Gasteiger partial charge in [-0.25, -0.2) is 13.8 Å². The first-order valence-electron chi connectivity index (χ1n) is 5.46. The SMILES string of the molecule is Cc1ccc(F)c(-c2nc3ccc(F)cc3s2)c1. The molecule has 0 radical (unpaired) electrons. The third-order valence-electron chi connectivity index (χ3n) is 2.70. The van der Waals surface area contributed by atoms with Gasteiger partial charge >= 0.3 is 0 Å². The predicted molar refractivity (Wildman–Crippen MR) is 69.7 cm³/mol. The van der Waals surface area contributed by atoms with E-state index in [9.17, 15) is 8.78 Å². The summed E-state index contributed by atoms with van der Waals surface area (Å²) in [5.41, 5.74) is 2.13. The van der Waals surface area contributed by atoms with Crippen LogP contribution in [0.4, 0.5) is 8.78 Å². The van der Waals surface area contributed by atoms with Crippen LogP contribution in [-0.4, -0.2) is 4.98 Å². The number of hydrogen-bond donors (Lipinski definition) is 0. The summed E-state index contributed by atoms with van der Waals surface area (Å²) < 4.78 is 27.6. The van der Waals surface area contributed by atoms with Crippen molar-refractivity contribution in [1.82, 2.24) is 4.98 Å². The smallest absolute Gasteiger partial charge is 0.133 e. The molecule has 18 heavy (non-hydrogen) atoms. The van der Waals surface area contributed by atoms with Crippen LogP contribution in [0.1, 0.15) is 5.56 Å². The molecule has 0 saturated heterocycles. The molecule has 0 aliphatic rings. The van der Waals surface area contributed by atoms with Gasteiger partial charge in [0.15, 0.2) is 0 Å². The van der Waals surface area contributed by atoms with Crippen molar-refractivity contribution in [3.8, 4) is 10.6 Å². The number of aryl methyl sites for hydroxylation is 1. The first kappa shape index (κ1) is 11.3. The molecular formula is C14H9F2NS. The summed E-state index contributed by atoms with van der Waals surface area (Å²) in [5.74, 6) is -0.609. The Balaban J connectivity index is 2.22. The summed E-state index contributed by atoms with van der Waals surface area (Å²) in [6.45, 7) is 1.90. The standard InChI is InChI=1S/C14H9F2NS/c1-8-2-4-11(16)10(6-8)14-17-12-5-3-9(15)7-13(12)18-14/h2-7H,1H3. The Kier molecular flexibility index (Phi) is 2.59. The van der Waals surface area contributed by atoms with Gasteiger partial charge in [0.1, 0.15) is 16.6 Å². The quantitative estimate of drug-likeness (QED) is 0.626. The molecule has 0 aliphatic heterocycles. The van der Waals surface area contributed by atoms with Crippen LogP contribution in [0.25, 0.3) is 20.8 Å². The van der Waals surface area contributed by atoms with E-state index in [-0.39, 0.29) is 11.6 Å². The average Bonchev–Trinajstić information content (AvgIpc) is 2.74. The Morgan fingerprint density at radius 3 is 2.72 bits per heavy atom. The number of fused-ring (bicyclic) bond motifs is 1. The van der Waals surface area contributed by atoms with Crippen molar-refractivity contribution in [2.24, 2.45) is 0 Å². The number of nitrogens with zero attached hydrogens (tertiary/aromatic N) is 1. The molecule has 4 heteroatoms. The van der Waals surface area contributed by atoms with Crippen molar-refractivity contribution in [3.63, 3.8) is 0 Å². The first-order chi connectivity index (χ1) is 8.63. The summed E-state index contributed by atoms with van der Waals surface area (Å²) in [6.07, 6.45) is 0. The van der Waals surface area contributed by atoms with Gasteiger partial charge in [0.25, 0.3) is 0 Å². The molecule has 0 N–H and O–H groups in total. The van der Waals surface area contributed by atoms with Crippen molar-refractivity contribution in [1.29, 1.82) is 0 Å². The molecule has 0 atom stereocenters. The number of rotatable bonds is 1. The summed E-state index contributed by atoms with van der Waals surface area (Å²) in [5, 5.41) is 0.580. The topological polar surface area (TPSA) is 12.9 Å². The van der Waals surface area contributed by atoms with Crippen molar-refractivity contribution in [2.45, 2.75) is 6.92 Å². The fourth-order valence-electron chi connectivity index (χ4n) is 1.82. The summed E-state index contributed by atoms with van der Waals surface area (Å²) in [7, 11) is 0. The second-order valence-electron chi connectivity index (χ2n) is 4.11. The number of thiazole rings is 1. The first-order valence-corrected chi connectivity index (χ1v) is 6.28. The van der Waals surface area contributed by atoms with Gasteiger partial charge in [-0.2, -0.15) is 0 Å². The van der Waals surface area contributed by atoms with Crippen LogP contribution in [0.15, 0.2) is 36.4 Å². The van der Waals surface area contributed by atoms with Gasteiger partial charge in [-0.15, -0.1) is 11.3 Å². The van der Waals surface area contributed by atoms with Crippen molar-refractivity contribution in [3.05, 3.63) is 53.6 Å². The maximum absolute atomic E-state index is 13.8. The van der Waals surface area contributed by atoms with Gasteiger partial charge < -0.3 is 0 Å². The van der Waals surface area contributed by atoms with Gasteiger partial charge in [0, 0.05) is 5.56 Å². The molecule has 0 unspecified atom stereocenters. The van der Waals surface area contributed by atoms with E-state index >= 15 is 0 Å². The van der Waals surface area contributed by atoms with Gasteiger partial charge in [-0.3, -0.25) is 0 Å². The van der Waals surface area contributed by atoms with Crippen LogP contribution in [0.3, 0.4) is 0 Å². The van der Waals surface area contributed by atoms with Gasteiger partial charge in [0.2, 0.25) is 0 Å². The third-order valence-corrected chi connectivity index (χ3v) is 3.75. The second kappa shape index (κ2) is 4.14. The molecule has 0 spiro atoms. The van der Waals surface area contributed by atoms with Crippen LogP contribution >= 0.6 is 11.3 Å². The highest BCUT2D eigenvalue weighted by atomic mass is 32.1. The molecule has 3 rings (SSSR count). The Bertz CT molecular complexity index is 734. The lowest BCUT2D eigenvalue weighted by molar-refractivity contribution is 0.629. The van der Waals surface area contributed by atoms with Crippen molar-refractivity contribution < 1.29 is 8.78 Å². The maximum Gasteiger partial charge on any atom is 0.133 e. The Hall–Kier alpha value is -1.81. The zero-order valence-corrected chi connectivity index (χ0v) is 10.4. The molecule has 0 saturated carbocycles. The maximum atomic E-state index is 13.8. The second-order valence-corrected chi connectivity index (χ2v) is 5.15. The molecule has 0 fully saturated rings. The van der Waals surface area contributed by atoms with E-state index in [0.29, 0.717) is 16.1 Å². The van der Waals surface area contributed by atoms with Crippen LogP contribution in [0.2, 0.25) is 0 Å².